The molecular weight excluding hydrogens is 212 g/mol. The lowest BCUT2D eigenvalue weighted by Crippen LogP contribution is -1.98. The predicted molar refractivity (Wildman–Crippen MR) is 50.5 cm³/mol. The summed E-state index contributed by atoms with van der Waals surface area (Å²) in [5.41, 5.74) is 0.421. The van der Waals surface area contributed by atoms with E-state index in [0.717, 1.165) is 6.26 Å². The molecule has 72 valence electrons. The van der Waals surface area contributed by atoms with Gasteiger partial charge in [0.15, 0.2) is 9.84 Å². The van der Waals surface area contributed by atoms with E-state index < -0.39 is 9.84 Å². The minimum atomic E-state index is -3.22. The first-order chi connectivity index (χ1) is 5.95. The molecule has 0 bridgehead atoms. The zero-order valence-electron chi connectivity index (χ0n) is 6.99. The first-order valence-electron chi connectivity index (χ1n) is 3.54. The van der Waals surface area contributed by atoms with Crippen molar-refractivity contribution in [2.24, 2.45) is 0 Å². The minimum absolute atomic E-state index is 0.168. The molecule has 0 fully saturated rings. The zero-order valence-corrected chi connectivity index (χ0v) is 8.56. The number of sulfone groups is 1. The Hall–Kier alpha value is -0.580. The molecule has 0 unspecified atom stereocenters. The maximum Gasteiger partial charge on any atom is 0.175 e. The Morgan fingerprint density at radius 3 is 2.54 bits per heavy atom. The Morgan fingerprint density at radius 1 is 1.46 bits per heavy atom. The third-order valence-electron chi connectivity index (χ3n) is 1.62. The van der Waals surface area contributed by atoms with Crippen LogP contribution in [0.3, 0.4) is 0 Å². The van der Waals surface area contributed by atoms with Gasteiger partial charge in [-0.25, -0.2) is 8.42 Å². The molecule has 0 heterocycles. The van der Waals surface area contributed by atoms with Crippen molar-refractivity contribution >= 4 is 21.4 Å². The van der Waals surface area contributed by atoms with Gasteiger partial charge in [0.2, 0.25) is 0 Å². The van der Waals surface area contributed by atoms with Gasteiger partial charge >= 0.3 is 0 Å². The Kier molecular flexibility index (Phi) is 2.95. The van der Waals surface area contributed by atoms with Crippen molar-refractivity contribution in [1.29, 1.82) is 0 Å². The second-order valence-electron chi connectivity index (χ2n) is 2.68. The summed E-state index contributed by atoms with van der Waals surface area (Å²) < 4.78 is 22.2. The summed E-state index contributed by atoms with van der Waals surface area (Å²) in [4.78, 5) is 0.168. The lowest BCUT2D eigenvalue weighted by Gasteiger charge is -2.02. The van der Waals surface area contributed by atoms with Crippen LogP contribution in [0.1, 0.15) is 5.56 Å². The molecule has 1 aromatic carbocycles. The third-order valence-corrected chi connectivity index (χ3v) is 3.09. The molecule has 0 saturated heterocycles. The molecule has 13 heavy (non-hydrogen) atoms. The van der Waals surface area contributed by atoms with Gasteiger partial charge in [-0.3, -0.25) is 0 Å². The quantitative estimate of drug-likeness (QED) is 0.816. The average molecular weight is 221 g/mol. The van der Waals surface area contributed by atoms with E-state index in [1.165, 1.54) is 18.2 Å². The van der Waals surface area contributed by atoms with Crippen LogP contribution in [-0.2, 0) is 16.4 Å². The second-order valence-corrected chi connectivity index (χ2v) is 5.11. The van der Waals surface area contributed by atoms with Gasteiger partial charge in [-0.05, 0) is 23.8 Å². The number of halogens is 1. The van der Waals surface area contributed by atoms with E-state index in [9.17, 15) is 8.42 Å². The molecule has 0 spiro atoms. The van der Waals surface area contributed by atoms with Crippen LogP contribution in [-0.4, -0.2) is 19.8 Å². The summed E-state index contributed by atoms with van der Waals surface area (Å²) in [5, 5.41) is 9.20. The largest absolute Gasteiger partial charge is 0.392 e. The lowest BCUT2D eigenvalue weighted by atomic mass is 10.2. The molecule has 0 aliphatic carbocycles. The summed E-state index contributed by atoms with van der Waals surface area (Å²) in [6.07, 6.45) is 1.11. The van der Waals surface area contributed by atoms with Crippen molar-refractivity contribution < 1.29 is 13.5 Å². The van der Waals surface area contributed by atoms with Gasteiger partial charge in [0.1, 0.15) is 0 Å². The molecule has 0 saturated carbocycles. The number of aliphatic hydroxyl groups is 1. The molecule has 3 nitrogen and oxygen atoms in total. The first kappa shape index (κ1) is 10.5. The Balaban J connectivity index is 3.30. The van der Waals surface area contributed by atoms with Crippen LogP contribution in [0.2, 0.25) is 5.02 Å². The highest BCUT2D eigenvalue weighted by Crippen LogP contribution is 2.20. The second kappa shape index (κ2) is 3.65. The van der Waals surface area contributed by atoms with Crippen molar-refractivity contribution in [3.63, 3.8) is 0 Å². The van der Waals surface area contributed by atoms with Crippen LogP contribution >= 0.6 is 11.6 Å². The highest BCUT2D eigenvalue weighted by atomic mass is 35.5. The molecule has 0 atom stereocenters. The van der Waals surface area contributed by atoms with Crippen LogP contribution in [0.4, 0.5) is 0 Å². The van der Waals surface area contributed by atoms with Crippen molar-refractivity contribution in [2.45, 2.75) is 11.5 Å². The molecule has 0 radical (unpaired) electrons. The van der Waals surface area contributed by atoms with Gasteiger partial charge in [0.05, 0.1) is 11.5 Å². The van der Waals surface area contributed by atoms with Gasteiger partial charge in [0, 0.05) is 11.3 Å². The number of hydrogen-bond acceptors (Lipinski definition) is 3. The fraction of sp³-hybridized carbons (Fsp3) is 0.250. The van der Waals surface area contributed by atoms with Crippen LogP contribution in [0.15, 0.2) is 23.1 Å². The number of aliphatic hydroxyl groups excluding tert-OH is 1. The normalized spacial score (nSPS) is 11.6. The van der Waals surface area contributed by atoms with Gasteiger partial charge in [-0.2, -0.15) is 0 Å². The highest BCUT2D eigenvalue weighted by molar-refractivity contribution is 7.90. The third kappa shape index (κ3) is 2.43. The van der Waals surface area contributed by atoms with Crippen molar-refractivity contribution in [3.05, 3.63) is 28.8 Å². The Morgan fingerprint density at radius 2 is 2.08 bits per heavy atom. The van der Waals surface area contributed by atoms with Crippen LogP contribution in [0, 0.1) is 0 Å². The van der Waals surface area contributed by atoms with E-state index in [2.05, 4.69) is 0 Å². The van der Waals surface area contributed by atoms with E-state index in [-0.39, 0.29) is 11.5 Å². The molecule has 1 aromatic rings. The minimum Gasteiger partial charge on any atom is -0.392 e. The van der Waals surface area contributed by atoms with Crippen LogP contribution in [0.25, 0.3) is 0 Å². The summed E-state index contributed by atoms with van der Waals surface area (Å²) in [6.45, 7) is -0.262. The molecule has 1 N–H and O–H groups in total. The van der Waals surface area contributed by atoms with Crippen molar-refractivity contribution in [3.8, 4) is 0 Å². The van der Waals surface area contributed by atoms with E-state index in [1.807, 2.05) is 0 Å². The van der Waals surface area contributed by atoms with E-state index in [1.54, 1.807) is 0 Å². The maximum atomic E-state index is 11.1. The average Bonchev–Trinajstić information content (AvgIpc) is 2.03. The summed E-state index contributed by atoms with van der Waals surface area (Å²) in [7, 11) is -3.22. The predicted octanol–water partition coefficient (Wildman–Crippen LogP) is 1.24. The van der Waals surface area contributed by atoms with Gasteiger partial charge in [-0.1, -0.05) is 11.6 Å². The Bertz CT molecular complexity index is 411. The molecule has 0 aromatic heterocycles. The Labute approximate surface area is 81.9 Å². The number of hydrogen-bond donors (Lipinski definition) is 1. The summed E-state index contributed by atoms with van der Waals surface area (Å²) in [5.74, 6) is 0. The van der Waals surface area contributed by atoms with E-state index >= 15 is 0 Å². The zero-order chi connectivity index (χ0) is 10.1. The van der Waals surface area contributed by atoms with E-state index in [4.69, 9.17) is 16.7 Å². The number of benzene rings is 1. The van der Waals surface area contributed by atoms with Gasteiger partial charge in [-0.15, -0.1) is 0 Å². The molecule has 5 heteroatoms. The van der Waals surface area contributed by atoms with Gasteiger partial charge in [0.25, 0.3) is 0 Å². The fourth-order valence-corrected chi connectivity index (χ4v) is 1.75. The van der Waals surface area contributed by atoms with Crippen LogP contribution in [0.5, 0.6) is 0 Å². The highest BCUT2D eigenvalue weighted by Gasteiger charge is 2.09. The molecule has 1 rings (SSSR count). The SMILES string of the molecule is CS(=O)(=O)c1ccc(Cl)c(CO)c1. The van der Waals surface area contributed by atoms with E-state index in [0.29, 0.717) is 10.6 Å². The summed E-state index contributed by atoms with van der Waals surface area (Å²) >= 11 is 5.69. The maximum absolute atomic E-state index is 11.1. The lowest BCUT2D eigenvalue weighted by molar-refractivity contribution is 0.281. The smallest absolute Gasteiger partial charge is 0.175 e. The van der Waals surface area contributed by atoms with Crippen molar-refractivity contribution in [2.75, 3.05) is 6.26 Å². The summed E-state index contributed by atoms with van der Waals surface area (Å²) in [6, 6.07) is 4.25. The first-order valence-corrected chi connectivity index (χ1v) is 5.81. The monoisotopic (exact) mass is 220 g/mol. The molecule has 0 aliphatic heterocycles. The standard InChI is InChI=1S/C8H9ClO3S/c1-13(11,12)7-2-3-8(9)6(4-7)5-10/h2-4,10H,5H2,1H3. The number of rotatable bonds is 2. The van der Waals surface area contributed by atoms with Crippen molar-refractivity contribution in [1.82, 2.24) is 0 Å². The van der Waals surface area contributed by atoms with Crippen LogP contribution < -0.4 is 0 Å². The fourth-order valence-electron chi connectivity index (χ4n) is 0.903. The molecule has 0 amide bonds. The molecular formula is C8H9ClO3S. The topological polar surface area (TPSA) is 54.4 Å². The molecule has 0 aliphatic rings. The van der Waals surface area contributed by atoms with Gasteiger partial charge < -0.3 is 5.11 Å².